The summed E-state index contributed by atoms with van der Waals surface area (Å²) in [7, 11) is -3.92. The zero-order chi connectivity index (χ0) is 30.2. The Hall–Kier alpha value is -2.65. The van der Waals surface area contributed by atoms with Gasteiger partial charge in [0.2, 0.25) is 10.0 Å². The van der Waals surface area contributed by atoms with Gasteiger partial charge in [-0.2, -0.15) is 18.3 Å². The first kappa shape index (κ1) is 32.3. The third kappa shape index (κ3) is 8.04. The van der Waals surface area contributed by atoms with Crippen molar-refractivity contribution in [3.63, 3.8) is 0 Å². The lowest BCUT2D eigenvalue weighted by Gasteiger charge is -2.35. The highest BCUT2D eigenvalue weighted by Crippen LogP contribution is 2.49. The molecule has 0 aliphatic heterocycles. The first-order valence-electron chi connectivity index (χ1n) is 15.4. The predicted octanol–water partition coefficient (Wildman–Crippen LogP) is 9.16. The standard InChI is InChI=1S/C33H44F3N3O2S/c1-26-15-17-27(18-16-26)30-25-31(38-39(30)28-19-21-29(22-20-28)42(37,40)41)32(33(34,35)36)23-13-11-9-7-5-3-2-4-6-8-10-12-14-24-32/h15-22,25H,2-14,23-24H2,1H3,(H2,37,40,41). The molecule has 9 heteroatoms. The van der Waals surface area contributed by atoms with E-state index in [2.05, 4.69) is 5.10 Å². The molecule has 1 aliphatic rings. The summed E-state index contributed by atoms with van der Waals surface area (Å²) in [5.74, 6) is 0. The van der Waals surface area contributed by atoms with E-state index in [9.17, 15) is 8.42 Å². The molecule has 230 valence electrons. The molecule has 3 aromatic rings. The highest BCUT2D eigenvalue weighted by Gasteiger charge is 2.56. The number of nitrogens with zero attached hydrogens (tertiary/aromatic N) is 2. The minimum atomic E-state index is -4.47. The molecule has 0 spiro atoms. The third-order valence-corrected chi connectivity index (χ3v) is 9.64. The second kappa shape index (κ2) is 14.2. The number of primary sulfonamides is 1. The molecule has 42 heavy (non-hydrogen) atoms. The molecule has 0 bridgehead atoms. The molecule has 0 amide bonds. The maximum atomic E-state index is 15.3. The largest absolute Gasteiger partial charge is 0.400 e. The van der Waals surface area contributed by atoms with Crippen LogP contribution in [-0.4, -0.2) is 24.4 Å². The summed E-state index contributed by atoms with van der Waals surface area (Å²) in [5, 5.41) is 9.96. The molecule has 1 fully saturated rings. The van der Waals surface area contributed by atoms with Crippen LogP contribution in [0.1, 0.15) is 108 Å². The second-order valence-corrected chi connectivity index (χ2v) is 13.5. The van der Waals surface area contributed by atoms with Crippen molar-refractivity contribution in [2.75, 3.05) is 0 Å². The molecule has 0 saturated heterocycles. The molecule has 0 atom stereocenters. The molecule has 5 nitrogen and oxygen atoms in total. The van der Waals surface area contributed by atoms with Crippen molar-refractivity contribution in [1.82, 2.24) is 9.78 Å². The smallest absolute Gasteiger partial charge is 0.233 e. The van der Waals surface area contributed by atoms with E-state index in [4.69, 9.17) is 5.14 Å². The molecule has 0 unspecified atom stereocenters. The van der Waals surface area contributed by atoms with Crippen LogP contribution in [0.2, 0.25) is 0 Å². The van der Waals surface area contributed by atoms with E-state index < -0.39 is 21.6 Å². The Morgan fingerprint density at radius 1 is 0.738 bits per heavy atom. The number of sulfonamides is 1. The molecule has 1 aliphatic carbocycles. The molecule has 1 saturated carbocycles. The van der Waals surface area contributed by atoms with Crippen molar-refractivity contribution in [3.05, 3.63) is 65.9 Å². The number of aryl methyl sites for hydroxylation is 1. The first-order valence-corrected chi connectivity index (χ1v) is 16.9. The summed E-state index contributed by atoms with van der Waals surface area (Å²) < 4.78 is 71.2. The Bertz CT molecular complexity index is 1370. The van der Waals surface area contributed by atoms with E-state index in [0.717, 1.165) is 62.5 Å². The van der Waals surface area contributed by atoms with Gasteiger partial charge in [0.1, 0.15) is 5.41 Å². The number of benzene rings is 2. The van der Waals surface area contributed by atoms with Gasteiger partial charge < -0.3 is 0 Å². The van der Waals surface area contributed by atoms with Crippen molar-refractivity contribution in [2.45, 2.75) is 120 Å². The highest BCUT2D eigenvalue weighted by atomic mass is 32.2. The maximum Gasteiger partial charge on any atom is 0.400 e. The Labute approximate surface area is 248 Å². The van der Waals surface area contributed by atoms with Crippen LogP contribution in [0.5, 0.6) is 0 Å². The van der Waals surface area contributed by atoms with Crippen LogP contribution in [0.25, 0.3) is 16.9 Å². The topological polar surface area (TPSA) is 78.0 Å². The quantitative estimate of drug-likeness (QED) is 0.323. The van der Waals surface area contributed by atoms with Gasteiger partial charge >= 0.3 is 6.18 Å². The van der Waals surface area contributed by atoms with Crippen molar-refractivity contribution >= 4 is 10.0 Å². The van der Waals surface area contributed by atoms with Gasteiger partial charge in [0.15, 0.2) is 0 Å². The van der Waals surface area contributed by atoms with E-state index in [1.165, 1.54) is 48.2 Å². The van der Waals surface area contributed by atoms with Crippen LogP contribution in [0, 0.1) is 6.92 Å². The van der Waals surface area contributed by atoms with Crippen molar-refractivity contribution in [2.24, 2.45) is 5.14 Å². The van der Waals surface area contributed by atoms with Gasteiger partial charge in [0.25, 0.3) is 0 Å². The fraction of sp³-hybridized carbons (Fsp3) is 0.545. The lowest BCUT2D eigenvalue weighted by atomic mass is 9.74. The number of hydrogen-bond donors (Lipinski definition) is 1. The lowest BCUT2D eigenvalue weighted by molar-refractivity contribution is -0.197. The number of hydrogen-bond acceptors (Lipinski definition) is 3. The molecule has 0 radical (unpaired) electrons. The Balaban J connectivity index is 1.78. The van der Waals surface area contributed by atoms with Gasteiger partial charge in [-0.25, -0.2) is 18.2 Å². The van der Waals surface area contributed by atoms with Crippen LogP contribution < -0.4 is 5.14 Å². The molecule has 1 heterocycles. The summed E-state index contributed by atoms with van der Waals surface area (Å²) >= 11 is 0. The fourth-order valence-corrected chi connectivity index (χ4v) is 6.64. The molecular formula is C33H44F3N3O2S. The summed E-state index contributed by atoms with van der Waals surface area (Å²) in [6.45, 7) is 1.95. The third-order valence-electron chi connectivity index (χ3n) is 8.71. The van der Waals surface area contributed by atoms with Crippen molar-refractivity contribution < 1.29 is 21.6 Å². The van der Waals surface area contributed by atoms with Crippen LogP contribution in [0.15, 0.2) is 59.5 Å². The fourth-order valence-electron chi connectivity index (χ4n) is 6.13. The van der Waals surface area contributed by atoms with Crippen LogP contribution >= 0.6 is 0 Å². The van der Waals surface area contributed by atoms with E-state index in [1.807, 2.05) is 31.2 Å². The average Bonchev–Trinajstić information content (AvgIpc) is 3.38. The number of halogens is 3. The Morgan fingerprint density at radius 2 is 1.19 bits per heavy atom. The minimum Gasteiger partial charge on any atom is -0.233 e. The van der Waals surface area contributed by atoms with Gasteiger partial charge in [-0.05, 0) is 50.1 Å². The number of rotatable bonds is 4. The Morgan fingerprint density at radius 3 is 1.62 bits per heavy atom. The summed E-state index contributed by atoms with van der Waals surface area (Å²) in [5.41, 5.74) is 0.739. The number of alkyl halides is 3. The molecule has 2 aromatic carbocycles. The zero-order valence-corrected chi connectivity index (χ0v) is 25.4. The molecular weight excluding hydrogens is 559 g/mol. The monoisotopic (exact) mass is 603 g/mol. The van der Waals surface area contributed by atoms with E-state index >= 15 is 13.2 Å². The van der Waals surface area contributed by atoms with E-state index in [0.29, 0.717) is 24.2 Å². The van der Waals surface area contributed by atoms with E-state index in [-0.39, 0.29) is 23.4 Å². The maximum absolute atomic E-state index is 15.3. The summed E-state index contributed by atoms with van der Waals surface area (Å²) in [4.78, 5) is -0.0696. The average molecular weight is 604 g/mol. The van der Waals surface area contributed by atoms with Crippen LogP contribution in [0.4, 0.5) is 13.2 Å². The number of aromatic nitrogens is 2. The first-order chi connectivity index (χ1) is 20.0. The van der Waals surface area contributed by atoms with Gasteiger partial charge in [0.05, 0.1) is 22.0 Å². The van der Waals surface area contributed by atoms with Gasteiger partial charge in [-0.15, -0.1) is 0 Å². The zero-order valence-electron chi connectivity index (χ0n) is 24.6. The summed E-state index contributed by atoms with van der Waals surface area (Å²) in [6, 6.07) is 15.0. The molecule has 1 aromatic heterocycles. The van der Waals surface area contributed by atoms with Crippen molar-refractivity contribution in [3.8, 4) is 16.9 Å². The van der Waals surface area contributed by atoms with E-state index in [1.54, 1.807) is 6.07 Å². The van der Waals surface area contributed by atoms with Crippen LogP contribution in [-0.2, 0) is 15.4 Å². The minimum absolute atomic E-state index is 0.00516. The summed E-state index contributed by atoms with van der Waals surface area (Å²) in [6.07, 6.45) is 8.11. The van der Waals surface area contributed by atoms with Crippen molar-refractivity contribution in [1.29, 1.82) is 0 Å². The molecule has 2 N–H and O–H groups in total. The predicted molar refractivity (Wildman–Crippen MR) is 162 cm³/mol. The van der Waals surface area contributed by atoms with Gasteiger partial charge in [-0.3, -0.25) is 0 Å². The van der Waals surface area contributed by atoms with Gasteiger partial charge in [-0.1, -0.05) is 113 Å². The lowest BCUT2D eigenvalue weighted by Crippen LogP contribution is -2.43. The normalized spacial score (nSPS) is 18.5. The number of nitrogens with two attached hydrogens (primary N) is 1. The van der Waals surface area contributed by atoms with Gasteiger partial charge in [0, 0.05) is 5.56 Å². The van der Waals surface area contributed by atoms with Crippen LogP contribution in [0.3, 0.4) is 0 Å². The molecule has 4 rings (SSSR count). The second-order valence-electron chi connectivity index (χ2n) is 11.9. The SMILES string of the molecule is Cc1ccc(-c2cc(C3(C(F)(F)F)CCCCCCCCCCCCCCC3)nn2-c2ccc(S(N)(=O)=O)cc2)cc1. The Kier molecular flexibility index (Phi) is 10.9. The highest BCUT2D eigenvalue weighted by molar-refractivity contribution is 7.89.